The summed E-state index contributed by atoms with van der Waals surface area (Å²) in [6.07, 6.45) is 7.61. The number of carboxylic acids is 1. The maximum Gasteiger partial charge on any atom is 0.306 e. The van der Waals surface area contributed by atoms with Crippen LogP contribution in [-0.4, -0.2) is 42.0 Å². The molecule has 1 amide bonds. The molecular weight excluding hydrogens is 522 g/mol. The number of aromatic nitrogens is 1. The summed E-state index contributed by atoms with van der Waals surface area (Å²) in [5.74, 6) is -0.985. The van der Waals surface area contributed by atoms with Gasteiger partial charge in [0.1, 0.15) is 0 Å². The third-order valence-corrected chi connectivity index (χ3v) is 10.7. The van der Waals surface area contributed by atoms with Crippen molar-refractivity contribution < 1.29 is 23.1 Å². The van der Waals surface area contributed by atoms with Gasteiger partial charge in [-0.1, -0.05) is 38.2 Å². The van der Waals surface area contributed by atoms with E-state index in [1.54, 1.807) is 6.07 Å². The number of hydrogen-bond acceptors (Lipinski definition) is 6. The second-order valence-corrected chi connectivity index (χ2v) is 14.5. The van der Waals surface area contributed by atoms with Gasteiger partial charge in [0.15, 0.2) is 5.01 Å². The smallest absolute Gasteiger partial charge is 0.306 e. The number of benzene rings is 1. The fourth-order valence-corrected chi connectivity index (χ4v) is 8.24. The minimum absolute atomic E-state index is 0.151. The number of carbonyl (C=O) groups excluding carboxylic acids is 1. The van der Waals surface area contributed by atoms with E-state index in [0.717, 1.165) is 41.0 Å². The lowest BCUT2D eigenvalue weighted by atomic mass is 9.80. The van der Waals surface area contributed by atoms with Gasteiger partial charge in [0, 0.05) is 11.6 Å². The first-order valence-corrected chi connectivity index (χ1v) is 15.7. The first-order valence-electron chi connectivity index (χ1n) is 13.4. The summed E-state index contributed by atoms with van der Waals surface area (Å²) in [6, 6.07) is 3.33. The molecule has 1 aromatic heterocycles. The summed E-state index contributed by atoms with van der Waals surface area (Å²) in [5, 5.41) is 12.4. The van der Waals surface area contributed by atoms with Crippen LogP contribution in [-0.2, 0) is 21.2 Å². The van der Waals surface area contributed by atoms with E-state index in [-0.39, 0.29) is 16.8 Å². The first-order chi connectivity index (χ1) is 17.7. The molecule has 1 heterocycles. The van der Waals surface area contributed by atoms with Crippen LogP contribution < -0.4 is 10.0 Å². The van der Waals surface area contributed by atoms with Gasteiger partial charge in [-0.3, -0.25) is 9.59 Å². The molecule has 1 aromatic carbocycles. The van der Waals surface area contributed by atoms with Gasteiger partial charge < -0.3 is 10.4 Å². The van der Waals surface area contributed by atoms with Crippen LogP contribution in [0.3, 0.4) is 0 Å². The van der Waals surface area contributed by atoms with Crippen molar-refractivity contribution in [3.8, 4) is 10.4 Å². The Balaban J connectivity index is 1.66. The van der Waals surface area contributed by atoms with Crippen molar-refractivity contribution in [2.45, 2.75) is 102 Å². The average molecular weight is 562 g/mol. The molecule has 2 aliphatic rings. The topological polar surface area (TPSA) is 125 Å². The number of aliphatic carboxylic acids is 1. The Morgan fingerprint density at radius 3 is 2.34 bits per heavy atom. The predicted molar refractivity (Wildman–Crippen MR) is 149 cm³/mol. The number of hydrogen-bond donors (Lipinski definition) is 3. The van der Waals surface area contributed by atoms with Gasteiger partial charge in [0.2, 0.25) is 10.0 Å². The van der Waals surface area contributed by atoms with Crippen LogP contribution in [0.15, 0.2) is 17.0 Å². The fraction of sp³-hybridized carbons (Fsp3) is 0.607. The van der Waals surface area contributed by atoms with Crippen molar-refractivity contribution in [3.05, 3.63) is 34.0 Å². The lowest BCUT2D eigenvalue weighted by Crippen LogP contribution is -2.46. The fourth-order valence-electron chi connectivity index (χ4n) is 5.44. The predicted octanol–water partition coefficient (Wildman–Crippen LogP) is 5.22. The molecule has 38 heavy (non-hydrogen) atoms. The van der Waals surface area contributed by atoms with Crippen molar-refractivity contribution in [1.29, 1.82) is 0 Å². The van der Waals surface area contributed by atoms with Gasteiger partial charge in [-0.05, 0) is 82.6 Å². The molecule has 0 bridgehead atoms. The molecule has 208 valence electrons. The summed E-state index contributed by atoms with van der Waals surface area (Å²) < 4.78 is 28.9. The highest BCUT2D eigenvalue weighted by molar-refractivity contribution is 7.89. The van der Waals surface area contributed by atoms with Gasteiger partial charge in [-0.2, -0.15) is 0 Å². The van der Waals surface area contributed by atoms with Crippen LogP contribution in [0.1, 0.15) is 92.3 Å². The summed E-state index contributed by atoms with van der Waals surface area (Å²) in [5.41, 5.74) is 2.71. The van der Waals surface area contributed by atoms with Crippen molar-refractivity contribution >= 4 is 33.2 Å². The molecule has 0 saturated heterocycles. The van der Waals surface area contributed by atoms with E-state index >= 15 is 0 Å². The number of amides is 1. The van der Waals surface area contributed by atoms with Crippen molar-refractivity contribution in [1.82, 2.24) is 15.0 Å². The molecular formula is C28H39N3O5S2. The summed E-state index contributed by atoms with van der Waals surface area (Å²) >= 11 is 1.33. The largest absolute Gasteiger partial charge is 0.481 e. The van der Waals surface area contributed by atoms with E-state index in [9.17, 15) is 18.0 Å². The van der Waals surface area contributed by atoms with Gasteiger partial charge in [0.25, 0.3) is 5.91 Å². The zero-order chi connectivity index (χ0) is 27.8. The maximum atomic E-state index is 13.1. The Bertz CT molecular complexity index is 1310. The van der Waals surface area contributed by atoms with Crippen LogP contribution in [0, 0.1) is 25.7 Å². The van der Waals surface area contributed by atoms with E-state index in [0.29, 0.717) is 29.3 Å². The summed E-state index contributed by atoms with van der Waals surface area (Å²) in [6.45, 7) is 9.18. The zero-order valence-corrected chi connectivity index (χ0v) is 24.5. The minimum Gasteiger partial charge on any atom is -0.481 e. The molecule has 0 atom stereocenters. The Morgan fingerprint density at radius 1 is 1.08 bits per heavy atom. The molecule has 4 rings (SSSR count). The molecule has 0 spiro atoms. The van der Waals surface area contributed by atoms with Gasteiger partial charge >= 0.3 is 5.97 Å². The molecule has 2 saturated carbocycles. The van der Waals surface area contributed by atoms with Crippen LogP contribution in [0.2, 0.25) is 0 Å². The number of carbonyl (C=O) groups is 2. The van der Waals surface area contributed by atoms with Crippen molar-refractivity contribution in [2.75, 3.05) is 0 Å². The number of nitrogens with zero attached hydrogens (tertiary/aromatic N) is 1. The average Bonchev–Trinajstić information content (AvgIpc) is 3.19. The third-order valence-electron chi connectivity index (χ3n) is 7.63. The third kappa shape index (κ3) is 6.46. The van der Waals surface area contributed by atoms with Crippen molar-refractivity contribution in [3.63, 3.8) is 0 Å². The number of rotatable bonds is 8. The monoisotopic (exact) mass is 561 g/mol. The first kappa shape index (κ1) is 28.7. The van der Waals surface area contributed by atoms with E-state index in [4.69, 9.17) is 10.1 Å². The molecule has 0 aliphatic heterocycles. The minimum atomic E-state index is -3.70. The molecule has 3 N–H and O–H groups in total. The van der Waals surface area contributed by atoms with Gasteiger partial charge in [0.05, 0.1) is 21.4 Å². The molecule has 8 nitrogen and oxygen atoms in total. The highest BCUT2D eigenvalue weighted by atomic mass is 32.2. The Morgan fingerprint density at radius 2 is 1.74 bits per heavy atom. The van der Waals surface area contributed by atoms with Crippen molar-refractivity contribution in [2.24, 2.45) is 11.8 Å². The lowest BCUT2D eigenvalue weighted by molar-refractivity contribution is -0.145. The number of nitrogens with one attached hydrogen (secondary N) is 2. The quantitative estimate of drug-likeness (QED) is 0.406. The van der Waals surface area contributed by atoms with Crippen LogP contribution in [0.4, 0.5) is 0 Å². The molecule has 0 radical (unpaired) electrons. The van der Waals surface area contributed by atoms with Crippen LogP contribution in [0.5, 0.6) is 0 Å². The van der Waals surface area contributed by atoms with E-state index < -0.39 is 27.4 Å². The molecule has 2 fully saturated rings. The Labute approximate surface area is 229 Å². The molecule has 10 heteroatoms. The normalized spacial score (nSPS) is 20.7. The number of thiazole rings is 1. The second kappa shape index (κ2) is 11.1. The number of sulfonamides is 1. The van der Waals surface area contributed by atoms with Gasteiger partial charge in [-0.15, -0.1) is 11.3 Å². The maximum absolute atomic E-state index is 13.1. The zero-order valence-electron chi connectivity index (χ0n) is 22.9. The number of carboxylic acid groups (broad SMARTS) is 1. The van der Waals surface area contributed by atoms with Crippen LogP contribution >= 0.6 is 11.3 Å². The second-order valence-electron chi connectivity index (χ2n) is 11.9. The Kier molecular flexibility index (Phi) is 8.35. The lowest BCUT2D eigenvalue weighted by Gasteiger charge is -2.32. The van der Waals surface area contributed by atoms with Crippen LogP contribution in [0.25, 0.3) is 10.4 Å². The van der Waals surface area contributed by atoms with Gasteiger partial charge in [-0.25, -0.2) is 18.1 Å². The summed E-state index contributed by atoms with van der Waals surface area (Å²) in [4.78, 5) is 30.2. The van der Waals surface area contributed by atoms with E-state index in [2.05, 4.69) is 10.0 Å². The van der Waals surface area contributed by atoms with E-state index in [1.807, 2.05) is 40.7 Å². The SMILES string of the molecule is Cc1c(-c2sc(C(=O)N[C@H]3C[C@H](C(=O)O)C3)nc2CC2CCCCC2)ccc(S(=O)(=O)NC(C)(C)C)c1C. The summed E-state index contributed by atoms with van der Waals surface area (Å²) in [7, 11) is -3.70. The molecule has 2 aromatic rings. The molecule has 2 aliphatic carbocycles. The Hall–Kier alpha value is -2.30. The molecule has 0 unspecified atom stereocenters. The highest BCUT2D eigenvalue weighted by Gasteiger charge is 2.36. The highest BCUT2D eigenvalue weighted by Crippen LogP contribution is 2.39. The standard InChI is InChI=1S/C28H39N3O5S2/c1-16-17(2)23(38(35,36)31-28(3,4)5)12-11-21(16)24-22(13-18-9-7-6-8-10-18)30-26(37-24)25(32)29-20-14-19(15-20)27(33)34/h11-12,18-20,31H,6-10,13-15H2,1-5H3,(H,29,32)(H,33,34)/t19-,20-. The van der Waals surface area contributed by atoms with E-state index in [1.165, 1.54) is 30.6 Å².